The Labute approximate surface area is 125 Å². The van der Waals surface area contributed by atoms with Gasteiger partial charge < -0.3 is 14.7 Å². The molecule has 0 radical (unpaired) electrons. The second-order valence-corrected chi connectivity index (χ2v) is 6.67. The molecule has 2 unspecified atom stereocenters. The number of rotatable bonds is 1. The average molecular weight is 293 g/mol. The van der Waals surface area contributed by atoms with Crippen LogP contribution < -0.4 is 4.74 Å². The van der Waals surface area contributed by atoms with Gasteiger partial charge in [-0.15, -0.1) is 0 Å². The third-order valence-corrected chi connectivity index (χ3v) is 4.89. The molecule has 1 N–H and O–H groups in total. The molecule has 2 aliphatic rings. The smallest absolute Gasteiger partial charge is 0.128 e. The average Bonchev–Trinajstić information content (AvgIpc) is 2.61. The summed E-state index contributed by atoms with van der Waals surface area (Å²) in [6.45, 7) is 6.45. The van der Waals surface area contributed by atoms with Gasteiger partial charge in [-0.05, 0) is 51.8 Å². The summed E-state index contributed by atoms with van der Waals surface area (Å²) < 4.78 is 19.6. The predicted octanol–water partition coefficient (Wildman–Crippen LogP) is 3.27. The minimum Gasteiger partial charge on any atom is -0.487 e. The molecular weight excluding hydrogens is 269 g/mol. The third kappa shape index (κ3) is 2.92. The highest BCUT2D eigenvalue weighted by Gasteiger charge is 2.41. The first-order valence-electron chi connectivity index (χ1n) is 7.90. The number of aliphatic hydroxyl groups is 1. The molecule has 116 valence electrons. The van der Waals surface area contributed by atoms with E-state index < -0.39 is 6.10 Å². The molecule has 0 saturated carbocycles. The predicted molar refractivity (Wildman–Crippen MR) is 79.9 cm³/mol. The summed E-state index contributed by atoms with van der Waals surface area (Å²) in [7, 11) is 0. The summed E-state index contributed by atoms with van der Waals surface area (Å²) in [5.74, 6) is 0.210. The zero-order valence-electron chi connectivity index (χ0n) is 12.8. The number of hydrogen-bond donors (Lipinski definition) is 1. The maximum absolute atomic E-state index is 13.5. The maximum atomic E-state index is 13.5. The highest BCUT2D eigenvalue weighted by atomic mass is 19.1. The monoisotopic (exact) mass is 293 g/mol. The first-order chi connectivity index (χ1) is 9.99. The number of nitrogens with zero attached hydrogens (tertiary/aromatic N) is 1. The van der Waals surface area contributed by atoms with Gasteiger partial charge in [-0.25, -0.2) is 4.39 Å². The van der Waals surface area contributed by atoms with Gasteiger partial charge in [0, 0.05) is 30.6 Å². The quantitative estimate of drug-likeness (QED) is 0.862. The fourth-order valence-corrected chi connectivity index (χ4v) is 3.62. The minimum absolute atomic E-state index is 0.310. The molecule has 0 aromatic heterocycles. The van der Waals surface area contributed by atoms with Crippen LogP contribution >= 0.6 is 0 Å². The molecule has 3 rings (SSSR count). The fourth-order valence-electron chi connectivity index (χ4n) is 3.62. The van der Waals surface area contributed by atoms with Crippen molar-refractivity contribution in [3.63, 3.8) is 0 Å². The highest BCUT2D eigenvalue weighted by molar-refractivity contribution is 5.38. The largest absolute Gasteiger partial charge is 0.487 e. The van der Waals surface area contributed by atoms with Crippen molar-refractivity contribution < 1.29 is 14.2 Å². The van der Waals surface area contributed by atoms with Crippen LogP contribution in [0.1, 0.15) is 51.2 Å². The number of aliphatic hydroxyl groups excluding tert-OH is 1. The Morgan fingerprint density at radius 2 is 2.14 bits per heavy atom. The van der Waals surface area contributed by atoms with Gasteiger partial charge >= 0.3 is 0 Å². The van der Waals surface area contributed by atoms with Gasteiger partial charge in [0.15, 0.2) is 0 Å². The highest BCUT2D eigenvalue weighted by Crippen LogP contribution is 2.44. The molecule has 1 fully saturated rings. The Bertz CT molecular complexity index is 520. The van der Waals surface area contributed by atoms with E-state index in [4.69, 9.17) is 4.74 Å². The van der Waals surface area contributed by atoms with Crippen LogP contribution in [0, 0.1) is 5.82 Å². The first-order valence-corrected chi connectivity index (χ1v) is 7.90. The zero-order chi connectivity index (χ0) is 15.0. The molecule has 1 spiro atoms. The Balaban J connectivity index is 1.83. The topological polar surface area (TPSA) is 32.7 Å². The van der Waals surface area contributed by atoms with Gasteiger partial charge in [0.1, 0.15) is 17.2 Å². The van der Waals surface area contributed by atoms with Crippen molar-refractivity contribution in [3.8, 4) is 5.75 Å². The van der Waals surface area contributed by atoms with Crippen LogP contribution in [0.5, 0.6) is 5.75 Å². The molecule has 1 aromatic rings. The minimum atomic E-state index is -0.556. The molecule has 2 atom stereocenters. The van der Waals surface area contributed by atoms with Crippen molar-refractivity contribution in [2.24, 2.45) is 0 Å². The molecule has 3 nitrogen and oxygen atoms in total. The van der Waals surface area contributed by atoms with Crippen LogP contribution in [0.25, 0.3) is 0 Å². The second-order valence-electron chi connectivity index (χ2n) is 6.67. The number of halogens is 1. The van der Waals surface area contributed by atoms with Gasteiger partial charge in [-0.1, -0.05) is 0 Å². The second kappa shape index (κ2) is 5.58. The summed E-state index contributed by atoms with van der Waals surface area (Å²) in [6, 6.07) is 4.96. The van der Waals surface area contributed by atoms with E-state index in [0.717, 1.165) is 32.4 Å². The normalized spacial score (nSPS) is 30.0. The van der Waals surface area contributed by atoms with Crippen molar-refractivity contribution in [2.45, 2.75) is 57.3 Å². The molecule has 21 heavy (non-hydrogen) atoms. The fraction of sp³-hybridized carbons (Fsp3) is 0.647. The molecular formula is C17H24FNO2. The summed E-state index contributed by atoms with van der Waals surface area (Å²) in [5, 5.41) is 10.4. The molecule has 1 aromatic carbocycles. The van der Waals surface area contributed by atoms with Gasteiger partial charge in [-0.3, -0.25) is 0 Å². The lowest BCUT2D eigenvalue weighted by atomic mass is 9.83. The van der Waals surface area contributed by atoms with Crippen LogP contribution in [0.2, 0.25) is 0 Å². The van der Waals surface area contributed by atoms with Crippen molar-refractivity contribution >= 4 is 0 Å². The first kappa shape index (κ1) is 14.8. The van der Waals surface area contributed by atoms with E-state index in [9.17, 15) is 9.50 Å². The number of ether oxygens (including phenoxy) is 1. The molecule has 1 saturated heterocycles. The van der Waals surface area contributed by atoms with E-state index >= 15 is 0 Å². The van der Waals surface area contributed by atoms with Crippen LogP contribution in [0.4, 0.5) is 4.39 Å². The Hall–Kier alpha value is -1.13. The van der Waals surface area contributed by atoms with E-state index in [1.165, 1.54) is 12.1 Å². The van der Waals surface area contributed by atoms with Gasteiger partial charge in [0.05, 0.1) is 6.10 Å². The molecule has 0 aliphatic carbocycles. The lowest BCUT2D eigenvalue weighted by molar-refractivity contribution is -0.0245. The van der Waals surface area contributed by atoms with E-state index in [2.05, 4.69) is 18.7 Å². The van der Waals surface area contributed by atoms with E-state index in [-0.39, 0.29) is 11.4 Å². The van der Waals surface area contributed by atoms with Crippen LogP contribution in [-0.4, -0.2) is 34.7 Å². The summed E-state index contributed by atoms with van der Waals surface area (Å²) in [6.07, 6.45) is 2.91. The van der Waals surface area contributed by atoms with Gasteiger partial charge in [0.2, 0.25) is 0 Å². The lowest BCUT2D eigenvalue weighted by Crippen LogP contribution is -2.42. The molecule has 0 amide bonds. The van der Waals surface area contributed by atoms with Crippen molar-refractivity contribution in [2.75, 3.05) is 13.1 Å². The Morgan fingerprint density at radius 3 is 2.90 bits per heavy atom. The number of fused-ring (bicyclic) bond motifs is 1. The van der Waals surface area contributed by atoms with Crippen LogP contribution in [0.3, 0.4) is 0 Å². The SMILES string of the molecule is CC(C)N1CCCC2(CC1)CC(O)c1ccc(F)cc1O2. The number of benzene rings is 1. The molecule has 4 heteroatoms. The standard InChI is InChI=1S/C17H24FNO2/c1-12(2)19-8-3-6-17(7-9-19)11-15(20)14-5-4-13(18)10-16(14)21-17/h4-5,10,12,15,20H,3,6-9,11H2,1-2H3. The van der Waals surface area contributed by atoms with Crippen molar-refractivity contribution in [1.82, 2.24) is 4.90 Å². The zero-order valence-corrected chi connectivity index (χ0v) is 12.8. The molecule has 0 bridgehead atoms. The third-order valence-electron chi connectivity index (χ3n) is 4.89. The maximum Gasteiger partial charge on any atom is 0.128 e. The number of likely N-dealkylation sites (tertiary alicyclic amines) is 1. The summed E-state index contributed by atoms with van der Waals surface area (Å²) >= 11 is 0. The Kier molecular flexibility index (Phi) is 3.93. The van der Waals surface area contributed by atoms with Crippen LogP contribution in [0.15, 0.2) is 18.2 Å². The summed E-state index contributed by atoms with van der Waals surface area (Å²) in [4.78, 5) is 2.45. The van der Waals surface area contributed by atoms with Crippen molar-refractivity contribution in [3.05, 3.63) is 29.6 Å². The van der Waals surface area contributed by atoms with E-state index in [1.807, 2.05) is 0 Å². The molecule has 2 aliphatic heterocycles. The summed E-state index contributed by atoms with van der Waals surface area (Å²) in [5.41, 5.74) is 0.371. The van der Waals surface area contributed by atoms with Gasteiger partial charge in [-0.2, -0.15) is 0 Å². The molecule has 2 heterocycles. The van der Waals surface area contributed by atoms with E-state index in [1.54, 1.807) is 6.07 Å². The van der Waals surface area contributed by atoms with E-state index in [0.29, 0.717) is 23.8 Å². The van der Waals surface area contributed by atoms with Gasteiger partial charge in [0.25, 0.3) is 0 Å². The number of hydrogen-bond acceptors (Lipinski definition) is 3. The van der Waals surface area contributed by atoms with Crippen LogP contribution in [-0.2, 0) is 0 Å². The lowest BCUT2D eigenvalue weighted by Gasteiger charge is -2.40. The Morgan fingerprint density at radius 1 is 1.33 bits per heavy atom. The van der Waals surface area contributed by atoms with Crippen molar-refractivity contribution in [1.29, 1.82) is 0 Å².